The molecule has 0 amide bonds. The number of halogens is 1. The number of benzene rings is 2. The maximum atomic E-state index is 14.6. The number of phenols is 1. The van der Waals surface area contributed by atoms with E-state index in [1.807, 2.05) is 0 Å². The molecule has 128 valence electrons. The minimum absolute atomic E-state index is 0.0658. The second kappa shape index (κ2) is 7.59. The lowest BCUT2D eigenvalue weighted by Crippen LogP contribution is -1.96. The molecule has 0 heterocycles. The molecular weight excluding hydrogens is 315 g/mol. The van der Waals surface area contributed by atoms with E-state index in [1.165, 1.54) is 52.7 Å². The molecule has 0 saturated heterocycles. The van der Waals surface area contributed by atoms with Crippen LogP contribution in [0.5, 0.6) is 28.7 Å². The van der Waals surface area contributed by atoms with E-state index in [2.05, 4.69) is 0 Å². The molecule has 2 aromatic carbocycles. The zero-order chi connectivity index (χ0) is 17.7. The van der Waals surface area contributed by atoms with E-state index >= 15 is 0 Å². The van der Waals surface area contributed by atoms with E-state index in [1.54, 1.807) is 12.1 Å². The lowest BCUT2D eigenvalue weighted by atomic mass is 10.1. The van der Waals surface area contributed by atoms with E-state index in [-0.39, 0.29) is 11.3 Å². The van der Waals surface area contributed by atoms with Gasteiger partial charge in [0.1, 0.15) is 5.83 Å². The summed E-state index contributed by atoms with van der Waals surface area (Å²) >= 11 is 0. The molecule has 0 aromatic heterocycles. The Morgan fingerprint density at radius 2 is 1.46 bits per heavy atom. The number of hydrogen-bond acceptors (Lipinski definition) is 5. The van der Waals surface area contributed by atoms with Crippen LogP contribution < -0.4 is 18.9 Å². The van der Waals surface area contributed by atoms with Crippen LogP contribution in [0.2, 0.25) is 0 Å². The van der Waals surface area contributed by atoms with E-state index in [9.17, 15) is 9.50 Å². The molecule has 0 aliphatic carbocycles. The standard InChI is InChI=1S/C18H19FO5/c1-21-15-6-5-11(8-14(15)20)7-13(19)12-9-16(22-2)18(24-4)17(10-12)23-3/h5-10,20H,1-4H3/b13-7+. The van der Waals surface area contributed by atoms with Gasteiger partial charge in [0.15, 0.2) is 23.0 Å². The van der Waals surface area contributed by atoms with Gasteiger partial charge >= 0.3 is 0 Å². The Kier molecular flexibility index (Phi) is 5.52. The normalized spacial score (nSPS) is 11.1. The summed E-state index contributed by atoms with van der Waals surface area (Å²) in [5, 5.41) is 9.77. The van der Waals surface area contributed by atoms with Gasteiger partial charge in [-0.3, -0.25) is 0 Å². The Hall–Kier alpha value is -2.89. The second-order valence-electron chi connectivity index (χ2n) is 4.84. The molecule has 0 aliphatic heterocycles. The molecule has 2 rings (SSSR count). The van der Waals surface area contributed by atoms with Crippen molar-refractivity contribution in [2.75, 3.05) is 28.4 Å². The topological polar surface area (TPSA) is 57.2 Å². The number of ether oxygens (including phenoxy) is 4. The fraction of sp³-hybridized carbons (Fsp3) is 0.222. The summed E-state index contributed by atoms with van der Waals surface area (Å²) in [5.41, 5.74) is 0.749. The number of hydrogen-bond donors (Lipinski definition) is 1. The molecule has 0 radical (unpaired) electrons. The number of methoxy groups -OCH3 is 4. The predicted octanol–water partition coefficient (Wildman–Crippen LogP) is 3.89. The first-order valence-corrected chi connectivity index (χ1v) is 7.08. The van der Waals surface area contributed by atoms with E-state index in [4.69, 9.17) is 18.9 Å². The van der Waals surface area contributed by atoms with Gasteiger partial charge in [-0.2, -0.15) is 0 Å². The molecule has 0 bridgehead atoms. The Morgan fingerprint density at radius 3 is 1.92 bits per heavy atom. The minimum Gasteiger partial charge on any atom is -0.504 e. The third-order valence-electron chi connectivity index (χ3n) is 3.44. The highest BCUT2D eigenvalue weighted by atomic mass is 19.1. The minimum atomic E-state index is -0.515. The van der Waals surface area contributed by atoms with Crippen molar-refractivity contribution >= 4 is 11.9 Å². The summed E-state index contributed by atoms with van der Waals surface area (Å²) in [5.74, 6) is 0.836. The number of rotatable bonds is 6. The zero-order valence-electron chi connectivity index (χ0n) is 13.9. The average Bonchev–Trinajstić information content (AvgIpc) is 2.60. The zero-order valence-corrected chi connectivity index (χ0v) is 13.9. The summed E-state index contributed by atoms with van der Waals surface area (Å²) in [6, 6.07) is 7.63. The maximum absolute atomic E-state index is 14.6. The van der Waals surface area contributed by atoms with Crippen LogP contribution in [0.25, 0.3) is 11.9 Å². The predicted molar refractivity (Wildman–Crippen MR) is 89.7 cm³/mol. The van der Waals surface area contributed by atoms with Crippen molar-refractivity contribution in [3.8, 4) is 28.7 Å². The average molecular weight is 334 g/mol. The van der Waals surface area contributed by atoms with Crippen molar-refractivity contribution < 1.29 is 28.4 Å². The Balaban J connectivity index is 2.45. The van der Waals surface area contributed by atoms with Gasteiger partial charge in [-0.25, -0.2) is 4.39 Å². The molecule has 0 fully saturated rings. The molecule has 0 saturated carbocycles. The first-order valence-electron chi connectivity index (χ1n) is 7.08. The van der Waals surface area contributed by atoms with E-state index in [0.717, 1.165) is 0 Å². The highest BCUT2D eigenvalue weighted by molar-refractivity contribution is 5.79. The van der Waals surface area contributed by atoms with Gasteiger partial charge in [0, 0.05) is 5.56 Å². The van der Waals surface area contributed by atoms with Gasteiger partial charge in [-0.15, -0.1) is 0 Å². The number of phenolic OH excluding ortho intramolecular Hbond substituents is 1. The molecule has 0 aliphatic rings. The summed E-state index contributed by atoms with van der Waals surface area (Å²) in [6.45, 7) is 0. The van der Waals surface area contributed by atoms with Crippen molar-refractivity contribution in [2.45, 2.75) is 0 Å². The quantitative estimate of drug-likeness (QED) is 0.812. The maximum Gasteiger partial charge on any atom is 0.203 e. The van der Waals surface area contributed by atoms with Gasteiger partial charge in [0.05, 0.1) is 28.4 Å². The lowest BCUT2D eigenvalue weighted by Gasteiger charge is -2.13. The highest BCUT2D eigenvalue weighted by Gasteiger charge is 2.15. The van der Waals surface area contributed by atoms with Crippen molar-refractivity contribution in [3.63, 3.8) is 0 Å². The highest BCUT2D eigenvalue weighted by Crippen LogP contribution is 2.40. The van der Waals surface area contributed by atoms with Crippen LogP contribution in [-0.4, -0.2) is 33.5 Å². The van der Waals surface area contributed by atoms with Crippen LogP contribution in [-0.2, 0) is 0 Å². The fourth-order valence-corrected chi connectivity index (χ4v) is 2.25. The smallest absolute Gasteiger partial charge is 0.203 e. The molecule has 0 spiro atoms. The van der Waals surface area contributed by atoms with E-state index in [0.29, 0.717) is 28.6 Å². The van der Waals surface area contributed by atoms with Crippen molar-refractivity contribution in [3.05, 3.63) is 41.5 Å². The summed E-state index contributed by atoms with van der Waals surface area (Å²) < 4.78 is 35.2. The van der Waals surface area contributed by atoms with Crippen molar-refractivity contribution in [1.82, 2.24) is 0 Å². The Morgan fingerprint density at radius 1 is 0.875 bits per heavy atom. The largest absolute Gasteiger partial charge is 0.504 e. The van der Waals surface area contributed by atoms with Crippen LogP contribution in [0.3, 0.4) is 0 Å². The van der Waals surface area contributed by atoms with E-state index < -0.39 is 5.83 Å². The van der Waals surface area contributed by atoms with Crippen LogP contribution >= 0.6 is 0 Å². The molecule has 24 heavy (non-hydrogen) atoms. The lowest BCUT2D eigenvalue weighted by molar-refractivity contribution is 0.324. The third-order valence-corrected chi connectivity index (χ3v) is 3.44. The molecule has 0 atom stereocenters. The Bertz CT molecular complexity index is 730. The molecule has 1 N–H and O–H groups in total. The van der Waals surface area contributed by atoms with Gasteiger partial charge in [-0.05, 0) is 35.9 Å². The Labute approximate surface area is 139 Å². The first kappa shape index (κ1) is 17.5. The van der Waals surface area contributed by atoms with Crippen LogP contribution in [0.4, 0.5) is 4.39 Å². The number of aromatic hydroxyl groups is 1. The molecule has 6 heteroatoms. The third kappa shape index (κ3) is 3.53. The fourth-order valence-electron chi connectivity index (χ4n) is 2.25. The molecule has 2 aromatic rings. The van der Waals surface area contributed by atoms with Gasteiger partial charge in [0.25, 0.3) is 0 Å². The summed E-state index contributed by atoms with van der Waals surface area (Å²) in [6.07, 6.45) is 1.29. The van der Waals surface area contributed by atoms with Crippen molar-refractivity contribution in [2.24, 2.45) is 0 Å². The first-order chi connectivity index (χ1) is 11.5. The monoisotopic (exact) mass is 334 g/mol. The second-order valence-corrected chi connectivity index (χ2v) is 4.84. The molecule has 5 nitrogen and oxygen atoms in total. The van der Waals surface area contributed by atoms with Crippen molar-refractivity contribution in [1.29, 1.82) is 0 Å². The van der Waals surface area contributed by atoms with Gasteiger partial charge in [-0.1, -0.05) is 6.07 Å². The SMILES string of the molecule is COc1ccc(/C=C(/F)c2cc(OC)c(OC)c(OC)c2)cc1O. The van der Waals surface area contributed by atoms with Gasteiger partial charge < -0.3 is 24.1 Å². The molecular formula is C18H19FO5. The van der Waals surface area contributed by atoms with Gasteiger partial charge in [0.2, 0.25) is 5.75 Å². The molecule has 0 unspecified atom stereocenters. The van der Waals surface area contributed by atoms with Crippen LogP contribution in [0.15, 0.2) is 30.3 Å². The van der Waals surface area contributed by atoms with Crippen LogP contribution in [0, 0.1) is 0 Å². The summed E-state index contributed by atoms with van der Waals surface area (Å²) in [4.78, 5) is 0. The summed E-state index contributed by atoms with van der Waals surface area (Å²) in [7, 11) is 5.85. The van der Waals surface area contributed by atoms with Crippen LogP contribution in [0.1, 0.15) is 11.1 Å².